The van der Waals surface area contributed by atoms with Gasteiger partial charge in [0, 0.05) is 42.6 Å². The van der Waals surface area contributed by atoms with E-state index in [9.17, 15) is 0 Å². The lowest BCUT2D eigenvalue weighted by Gasteiger charge is -2.11. The molecule has 160 valence electrons. The first kappa shape index (κ1) is 24.6. The summed E-state index contributed by atoms with van der Waals surface area (Å²) in [5.74, 6) is 1.71. The summed E-state index contributed by atoms with van der Waals surface area (Å²) in [6.07, 6.45) is 7.80. The lowest BCUT2D eigenvalue weighted by Crippen LogP contribution is -2.40. The molecule has 3 heterocycles. The molecule has 0 saturated heterocycles. The van der Waals surface area contributed by atoms with E-state index in [0.717, 1.165) is 53.8 Å². The fourth-order valence-corrected chi connectivity index (χ4v) is 2.81. The zero-order valence-corrected chi connectivity index (χ0v) is 19.4. The van der Waals surface area contributed by atoms with Crippen LogP contribution < -0.4 is 20.2 Å². The Morgan fingerprint density at radius 1 is 1.28 bits per heavy atom. The van der Waals surface area contributed by atoms with Gasteiger partial charge in [0.1, 0.15) is 18.7 Å². The van der Waals surface area contributed by atoms with Gasteiger partial charge in [-0.1, -0.05) is 27.2 Å². The van der Waals surface area contributed by atoms with Gasteiger partial charge in [-0.3, -0.25) is 4.84 Å². The Kier molecular flexibility index (Phi) is 11.7. The average Bonchev–Trinajstić information content (AvgIpc) is 3.16. The molecule has 0 aliphatic rings. The number of anilines is 2. The van der Waals surface area contributed by atoms with Gasteiger partial charge >= 0.3 is 0 Å². The Morgan fingerprint density at radius 3 is 2.72 bits per heavy atom. The average molecular weight is 468 g/mol. The fourth-order valence-electron chi connectivity index (χ4n) is 2.46. The number of nitrogens with one attached hydrogen (secondary N) is 2. The van der Waals surface area contributed by atoms with Crippen LogP contribution in [0.1, 0.15) is 39.2 Å². The van der Waals surface area contributed by atoms with Crippen LogP contribution >= 0.6 is 15.9 Å². The van der Waals surface area contributed by atoms with Gasteiger partial charge in [0.05, 0.1) is 10.7 Å². The molecule has 0 bridgehead atoms. The first-order chi connectivity index (χ1) is 14.2. The van der Waals surface area contributed by atoms with Crippen molar-refractivity contribution in [2.45, 2.75) is 40.2 Å². The van der Waals surface area contributed by atoms with Crippen molar-refractivity contribution in [3.8, 4) is 0 Å². The van der Waals surface area contributed by atoms with Crippen molar-refractivity contribution in [2.24, 2.45) is 0 Å². The molecule has 3 N–H and O–H groups in total. The highest BCUT2D eigenvalue weighted by molar-refractivity contribution is 9.10. The summed E-state index contributed by atoms with van der Waals surface area (Å²) in [6.45, 7) is 7.72. The second-order valence-electron chi connectivity index (χ2n) is 5.64. The number of aliphatic hydroxyl groups excluding tert-OH is 1. The summed E-state index contributed by atoms with van der Waals surface area (Å²) in [6, 6.07) is 5.97. The van der Waals surface area contributed by atoms with Gasteiger partial charge in [0.2, 0.25) is 12.4 Å². The molecule has 0 spiro atoms. The maximum Gasteiger partial charge on any atom is 0.227 e. The number of aliphatic hydroxyl groups is 1. The van der Waals surface area contributed by atoms with Crippen molar-refractivity contribution in [3.63, 3.8) is 0 Å². The Hall–Kier alpha value is -2.39. The summed E-state index contributed by atoms with van der Waals surface area (Å²) < 4.78 is 4.33. The number of unbranched alkanes of at least 4 members (excludes halogenated alkanes) is 1. The summed E-state index contributed by atoms with van der Waals surface area (Å²) in [4.78, 5) is 9.83. The molecular formula is C20H32BrN6O2+. The van der Waals surface area contributed by atoms with E-state index < -0.39 is 0 Å². The van der Waals surface area contributed by atoms with Crippen LogP contribution in [0.3, 0.4) is 0 Å². The molecule has 0 aliphatic heterocycles. The van der Waals surface area contributed by atoms with Gasteiger partial charge in [0.25, 0.3) is 0 Å². The third-order valence-electron chi connectivity index (χ3n) is 3.79. The molecule has 0 fully saturated rings. The maximum atomic E-state index is 7.00. The Labute approximate surface area is 181 Å². The normalized spacial score (nSPS) is 9.76. The fraction of sp³-hybridized carbons (Fsp3) is 0.450. The molecular weight excluding hydrogens is 436 g/mol. The lowest BCUT2D eigenvalue weighted by atomic mass is 10.3. The first-order valence-corrected chi connectivity index (χ1v) is 10.5. The minimum absolute atomic E-state index is 0.648. The number of halogens is 1. The molecule has 0 aromatic carbocycles. The zero-order valence-electron chi connectivity index (χ0n) is 17.8. The summed E-state index contributed by atoms with van der Waals surface area (Å²) in [5, 5.41) is 18.2. The van der Waals surface area contributed by atoms with E-state index in [1.165, 1.54) is 0 Å². The second kappa shape index (κ2) is 13.7. The Balaban J connectivity index is 0.000000989. The predicted octanol–water partition coefficient (Wildman–Crippen LogP) is 3.30. The maximum absolute atomic E-state index is 7.00. The van der Waals surface area contributed by atoms with Crippen LogP contribution in [0.25, 0.3) is 5.65 Å². The third-order valence-corrected chi connectivity index (χ3v) is 4.35. The van der Waals surface area contributed by atoms with Crippen molar-refractivity contribution in [1.29, 1.82) is 0 Å². The van der Waals surface area contributed by atoms with E-state index in [0.29, 0.717) is 6.54 Å². The second-order valence-corrected chi connectivity index (χ2v) is 6.50. The number of fused-ring (bicyclic) bond motifs is 1. The molecule has 0 aliphatic carbocycles. The van der Waals surface area contributed by atoms with Crippen molar-refractivity contribution in [2.75, 3.05) is 31.4 Å². The van der Waals surface area contributed by atoms with E-state index in [4.69, 9.17) is 9.94 Å². The van der Waals surface area contributed by atoms with Gasteiger partial charge in [0.15, 0.2) is 5.65 Å². The van der Waals surface area contributed by atoms with E-state index in [-0.39, 0.29) is 0 Å². The van der Waals surface area contributed by atoms with Gasteiger partial charge in [-0.05, 0) is 28.4 Å². The number of rotatable bonds is 8. The molecule has 0 unspecified atom stereocenters. The monoisotopic (exact) mass is 467 g/mol. The molecule has 3 rings (SSSR count). The predicted molar refractivity (Wildman–Crippen MR) is 120 cm³/mol. The van der Waals surface area contributed by atoms with Gasteiger partial charge in [-0.15, -0.1) is 0 Å². The molecule has 29 heavy (non-hydrogen) atoms. The third kappa shape index (κ3) is 7.17. The number of nitrogens with zero attached hydrogens (tertiary/aromatic N) is 4. The van der Waals surface area contributed by atoms with Crippen LogP contribution in [0.5, 0.6) is 0 Å². The van der Waals surface area contributed by atoms with Crippen molar-refractivity contribution in [3.05, 3.63) is 46.8 Å². The summed E-state index contributed by atoms with van der Waals surface area (Å²) in [7, 11) is 2.64. The number of aromatic nitrogens is 4. The van der Waals surface area contributed by atoms with Gasteiger partial charge in [-0.25, -0.2) is 4.98 Å². The van der Waals surface area contributed by atoms with Crippen LogP contribution in [0.15, 0.2) is 41.3 Å². The first-order valence-electron chi connectivity index (χ1n) is 9.72. The van der Waals surface area contributed by atoms with Crippen LogP contribution in [-0.2, 0) is 6.54 Å². The lowest BCUT2D eigenvalue weighted by molar-refractivity contribution is -0.885. The summed E-state index contributed by atoms with van der Waals surface area (Å²) in [5.41, 5.74) is 1.88. The molecule has 0 saturated carbocycles. The van der Waals surface area contributed by atoms with Gasteiger partial charge in [-0.2, -0.15) is 9.61 Å². The largest absolute Gasteiger partial charge is 0.400 e. The highest BCUT2D eigenvalue weighted by Gasteiger charge is 2.11. The topological polar surface area (TPSA) is 87.6 Å². The molecule has 0 atom stereocenters. The molecule has 9 heteroatoms. The van der Waals surface area contributed by atoms with Crippen molar-refractivity contribution in [1.82, 2.24) is 14.6 Å². The molecule has 3 aromatic rings. The van der Waals surface area contributed by atoms with E-state index >= 15 is 0 Å². The van der Waals surface area contributed by atoms with Gasteiger partial charge < -0.3 is 15.7 Å². The SMILES string of the molecule is CC.CCCCNc1cc(NCc2ccc[n+](OC)c2)n2ncc(Br)c2n1.CO. The molecule has 0 amide bonds. The summed E-state index contributed by atoms with van der Waals surface area (Å²) >= 11 is 3.51. The quantitative estimate of drug-likeness (QED) is 0.348. The number of hydrogen-bond acceptors (Lipinski definition) is 6. The number of hydrogen-bond donors (Lipinski definition) is 3. The van der Waals surface area contributed by atoms with E-state index in [1.54, 1.807) is 22.6 Å². The van der Waals surface area contributed by atoms with E-state index in [2.05, 4.69) is 43.6 Å². The highest BCUT2D eigenvalue weighted by Crippen LogP contribution is 2.22. The highest BCUT2D eigenvalue weighted by atomic mass is 79.9. The van der Waals surface area contributed by atoms with Crippen LogP contribution in [0.4, 0.5) is 11.6 Å². The number of pyridine rings is 1. The van der Waals surface area contributed by atoms with Crippen LogP contribution in [0.2, 0.25) is 0 Å². The van der Waals surface area contributed by atoms with Crippen molar-refractivity contribution < 1.29 is 14.7 Å². The molecule has 3 aromatic heterocycles. The smallest absolute Gasteiger partial charge is 0.227 e. The van der Waals surface area contributed by atoms with Crippen molar-refractivity contribution >= 4 is 33.2 Å². The van der Waals surface area contributed by atoms with Crippen LogP contribution in [0, 0.1) is 0 Å². The minimum atomic E-state index is 0.648. The Morgan fingerprint density at radius 2 is 2.03 bits per heavy atom. The standard InChI is InChI=1S/C17H22BrN6O.C2H6.CH4O/c1-3-4-7-19-15-9-16(24-17(22-15)14(18)11-21-24)20-10-13-6-5-8-23(12-13)25-2;2*1-2/h5-6,8-9,11-12,20H,3-4,7,10H2,1-2H3,(H,19,22);1-2H3;2H,1H3/q+1;;. The minimum Gasteiger partial charge on any atom is -0.400 e. The Bertz CT molecular complexity index is 856. The molecule has 8 nitrogen and oxygen atoms in total. The van der Waals surface area contributed by atoms with Crippen LogP contribution in [-0.4, -0.2) is 40.5 Å². The zero-order chi connectivity index (χ0) is 21.6. The van der Waals surface area contributed by atoms with E-state index in [1.807, 2.05) is 44.4 Å². The molecule has 0 radical (unpaired) electrons.